The van der Waals surface area contributed by atoms with Crippen molar-refractivity contribution in [3.63, 3.8) is 0 Å². The Hall–Kier alpha value is -1.48. The van der Waals surface area contributed by atoms with Crippen molar-refractivity contribution < 1.29 is 24.5 Å². The third kappa shape index (κ3) is 6.05. The summed E-state index contributed by atoms with van der Waals surface area (Å²) in [6, 6.07) is 0.236. The fraction of sp³-hybridized carbons (Fsp3) is 0.778. The van der Waals surface area contributed by atoms with Gasteiger partial charge in [0.15, 0.2) is 5.88 Å². The molecule has 1 aliphatic rings. The number of carbonyl (C=O) groups is 1. The number of likely N-dealkylation sites (N-methyl/N-ethyl adjacent to an activating group) is 1. The SMILES string of the molecule is CN(C1CCOCC1)C(C)(C)C(=O)N/C(O)=C/C(=N)C(C)(C)OCCO. The Balaban J connectivity index is 2.72. The number of nitrogens with zero attached hydrogens (tertiary/aromatic N) is 1. The lowest BCUT2D eigenvalue weighted by atomic mass is 9.96. The van der Waals surface area contributed by atoms with Gasteiger partial charge in [-0.25, -0.2) is 0 Å². The Morgan fingerprint density at radius 3 is 2.46 bits per heavy atom. The molecule has 8 heteroatoms. The van der Waals surface area contributed by atoms with Crippen LogP contribution in [0.1, 0.15) is 40.5 Å². The standard InChI is InChI=1S/C18H33N3O5/c1-17(2,21(5)13-6-9-25-10-7-13)16(24)20-15(23)12-14(19)18(3,4)26-11-8-22/h12-13,19,22-23H,6-11H2,1-5H3,(H,20,24)/b15-12-,19-14?. The van der Waals surface area contributed by atoms with E-state index in [-0.39, 0.29) is 30.9 Å². The third-order valence-electron chi connectivity index (χ3n) is 4.90. The van der Waals surface area contributed by atoms with E-state index in [1.807, 2.05) is 11.9 Å². The second kappa shape index (κ2) is 9.45. The lowest BCUT2D eigenvalue weighted by Crippen LogP contribution is -2.57. The molecule has 0 unspecified atom stereocenters. The van der Waals surface area contributed by atoms with E-state index in [0.29, 0.717) is 13.2 Å². The Labute approximate surface area is 155 Å². The summed E-state index contributed by atoms with van der Waals surface area (Å²) in [4.78, 5) is 14.6. The number of nitrogens with one attached hydrogen (secondary N) is 2. The first kappa shape index (κ1) is 22.6. The fourth-order valence-electron chi connectivity index (χ4n) is 2.68. The Bertz CT molecular complexity index is 525. The van der Waals surface area contributed by atoms with Crippen LogP contribution in [-0.2, 0) is 14.3 Å². The Kier molecular flexibility index (Phi) is 8.20. The number of aliphatic hydroxyl groups is 2. The van der Waals surface area contributed by atoms with Gasteiger partial charge in [-0.1, -0.05) is 0 Å². The van der Waals surface area contributed by atoms with Crippen molar-refractivity contribution in [2.24, 2.45) is 0 Å². The predicted molar refractivity (Wildman–Crippen MR) is 99.4 cm³/mol. The van der Waals surface area contributed by atoms with Crippen LogP contribution in [0, 0.1) is 5.41 Å². The molecule has 0 aliphatic carbocycles. The minimum Gasteiger partial charge on any atom is -0.494 e. The number of carbonyl (C=O) groups excluding carboxylic acids is 1. The van der Waals surface area contributed by atoms with Gasteiger partial charge in [-0.3, -0.25) is 15.0 Å². The quantitative estimate of drug-likeness (QED) is 0.358. The van der Waals surface area contributed by atoms with E-state index < -0.39 is 17.0 Å². The van der Waals surface area contributed by atoms with Crippen molar-refractivity contribution in [2.45, 2.75) is 57.7 Å². The highest BCUT2D eigenvalue weighted by Crippen LogP contribution is 2.22. The molecule has 1 aliphatic heterocycles. The molecule has 1 rings (SSSR count). The molecule has 1 amide bonds. The van der Waals surface area contributed by atoms with Crippen molar-refractivity contribution in [3.8, 4) is 0 Å². The van der Waals surface area contributed by atoms with Crippen molar-refractivity contribution in [2.75, 3.05) is 33.5 Å². The van der Waals surface area contributed by atoms with E-state index in [0.717, 1.165) is 18.9 Å². The highest BCUT2D eigenvalue weighted by atomic mass is 16.5. The minimum absolute atomic E-state index is 0.0145. The lowest BCUT2D eigenvalue weighted by Gasteiger charge is -2.41. The summed E-state index contributed by atoms with van der Waals surface area (Å²) >= 11 is 0. The van der Waals surface area contributed by atoms with E-state index in [1.165, 1.54) is 0 Å². The molecular weight excluding hydrogens is 338 g/mol. The van der Waals surface area contributed by atoms with Gasteiger partial charge in [0.1, 0.15) is 5.60 Å². The van der Waals surface area contributed by atoms with Gasteiger partial charge in [-0.15, -0.1) is 0 Å². The van der Waals surface area contributed by atoms with Crippen LogP contribution >= 0.6 is 0 Å². The molecule has 1 heterocycles. The van der Waals surface area contributed by atoms with Crippen LogP contribution in [0.25, 0.3) is 0 Å². The van der Waals surface area contributed by atoms with Gasteiger partial charge < -0.3 is 25.1 Å². The van der Waals surface area contributed by atoms with E-state index in [4.69, 9.17) is 20.0 Å². The number of aliphatic hydroxyl groups excluding tert-OH is 2. The van der Waals surface area contributed by atoms with Crippen LogP contribution in [-0.4, -0.2) is 77.4 Å². The number of hydrogen-bond acceptors (Lipinski definition) is 7. The monoisotopic (exact) mass is 371 g/mol. The highest BCUT2D eigenvalue weighted by molar-refractivity contribution is 5.99. The molecule has 150 valence electrons. The van der Waals surface area contributed by atoms with Crippen LogP contribution < -0.4 is 5.32 Å². The molecule has 0 saturated carbocycles. The smallest absolute Gasteiger partial charge is 0.246 e. The second-order valence-corrected chi connectivity index (χ2v) is 7.49. The summed E-state index contributed by atoms with van der Waals surface area (Å²) in [5.74, 6) is -0.767. The van der Waals surface area contributed by atoms with Gasteiger partial charge in [-0.05, 0) is 47.6 Å². The molecule has 4 N–H and O–H groups in total. The van der Waals surface area contributed by atoms with Crippen LogP contribution in [0.5, 0.6) is 0 Å². The maximum Gasteiger partial charge on any atom is 0.246 e. The van der Waals surface area contributed by atoms with Crippen LogP contribution in [0.15, 0.2) is 12.0 Å². The number of hydrogen-bond donors (Lipinski definition) is 4. The second-order valence-electron chi connectivity index (χ2n) is 7.49. The summed E-state index contributed by atoms with van der Waals surface area (Å²) in [6.45, 7) is 8.18. The lowest BCUT2D eigenvalue weighted by molar-refractivity contribution is -0.133. The number of rotatable bonds is 9. The van der Waals surface area contributed by atoms with Gasteiger partial charge in [0.25, 0.3) is 0 Å². The molecule has 26 heavy (non-hydrogen) atoms. The van der Waals surface area contributed by atoms with Gasteiger partial charge in [0.2, 0.25) is 5.91 Å². The molecule has 0 radical (unpaired) electrons. The molecule has 0 aromatic heterocycles. The topological polar surface area (TPSA) is 115 Å². The molecule has 8 nitrogen and oxygen atoms in total. The molecule has 1 saturated heterocycles. The Morgan fingerprint density at radius 2 is 1.92 bits per heavy atom. The summed E-state index contributed by atoms with van der Waals surface area (Å²) in [5.41, 5.74) is -1.84. The molecule has 1 fully saturated rings. The fourth-order valence-corrected chi connectivity index (χ4v) is 2.68. The first-order valence-electron chi connectivity index (χ1n) is 8.89. The first-order chi connectivity index (χ1) is 12.0. The van der Waals surface area contributed by atoms with Gasteiger partial charge in [-0.2, -0.15) is 0 Å². The highest BCUT2D eigenvalue weighted by Gasteiger charge is 2.37. The summed E-state index contributed by atoms with van der Waals surface area (Å²) in [6.07, 6.45) is 2.87. The first-order valence-corrected chi connectivity index (χ1v) is 8.89. The summed E-state index contributed by atoms with van der Waals surface area (Å²) in [7, 11) is 1.89. The molecule has 0 atom stereocenters. The van der Waals surface area contributed by atoms with Crippen LogP contribution in [0.3, 0.4) is 0 Å². The van der Waals surface area contributed by atoms with E-state index in [9.17, 15) is 9.90 Å². The zero-order chi connectivity index (χ0) is 20.0. The number of amides is 1. The normalized spacial score (nSPS) is 17.4. The van der Waals surface area contributed by atoms with E-state index in [2.05, 4.69) is 5.32 Å². The molecule has 0 aromatic carbocycles. The predicted octanol–water partition coefficient (Wildman–Crippen LogP) is 1.20. The molecule has 0 bridgehead atoms. The average molecular weight is 371 g/mol. The van der Waals surface area contributed by atoms with Gasteiger partial charge in [0, 0.05) is 25.3 Å². The van der Waals surface area contributed by atoms with Gasteiger partial charge in [0.05, 0.1) is 24.5 Å². The van der Waals surface area contributed by atoms with Crippen molar-refractivity contribution in [3.05, 3.63) is 12.0 Å². The van der Waals surface area contributed by atoms with Crippen LogP contribution in [0.2, 0.25) is 0 Å². The third-order valence-corrected chi connectivity index (χ3v) is 4.90. The average Bonchev–Trinajstić information content (AvgIpc) is 2.59. The van der Waals surface area contributed by atoms with Crippen molar-refractivity contribution >= 4 is 11.6 Å². The van der Waals surface area contributed by atoms with E-state index >= 15 is 0 Å². The largest absolute Gasteiger partial charge is 0.494 e. The zero-order valence-electron chi connectivity index (χ0n) is 16.5. The Morgan fingerprint density at radius 1 is 1.35 bits per heavy atom. The summed E-state index contributed by atoms with van der Waals surface area (Å²) < 4.78 is 10.7. The minimum atomic E-state index is -0.990. The number of ether oxygens (including phenoxy) is 2. The zero-order valence-corrected chi connectivity index (χ0v) is 16.5. The van der Waals surface area contributed by atoms with Crippen LogP contribution in [0.4, 0.5) is 0 Å². The summed E-state index contributed by atoms with van der Waals surface area (Å²) in [5, 5.41) is 29.4. The van der Waals surface area contributed by atoms with Crippen molar-refractivity contribution in [1.82, 2.24) is 10.2 Å². The van der Waals surface area contributed by atoms with Crippen molar-refractivity contribution in [1.29, 1.82) is 5.41 Å². The van der Waals surface area contributed by atoms with Gasteiger partial charge >= 0.3 is 0 Å². The molecular formula is C18H33N3O5. The maximum atomic E-state index is 12.6. The maximum absolute atomic E-state index is 12.6. The molecule has 0 spiro atoms. The molecule has 0 aromatic rings. The van der Waals surface area contributed by atoms with E-state index in [1.54, 1.807) is 27.7 Å².